The summed E-state index contributed by atoms with van der Waals surface area (Å²) in [4.78, 5) is 2.64. The summed E-state index contributed by atoms with van der Waals surface area (Å²) in [6, 6.07) is 1.32. The van der Waals surface area contributed by atoms with Gasteiger partial charge in [-0.05, 0) is 19.8 Å². The molecule has 3 atom stereocenters. The van der Waals surface area contributed by atoms with E-state index in [0.717, 1.165) is 19.2 Å². The summed E-state index contributed by atoms with van der Waals surface area (Å²) in [5, 5.41) is 3.60. The summed E-state index contributed by atoms with van der Waals surface area (Å²) in [5.74, 6) is 0. The van der Waals surface area contributed by atoms with Gasteiger partial charge in [0.1, 0.15) is 0 Å². The molecule has 0 bridgehead atoms. The van der Waals surface area contributed by atoms with E-state index in [9.17, 15) is 0 Å². The van der Waals surface area contributed by atoms with Crippen molar-refractivity contribution >= 4 is 0 Å². The minimum Gasteiger partial charge on any atom is -0.375 e. The number of unbranched alkanes of at least 4 members (excludes halogenated alkanes) is 1. The first-order valence-electron chi connectivity index (χ1n) is 6.90. The van der Waals surface area contributed by atoms with Crippen molar-refractivity contribution in [2.45, 2.75) is 57.7 Å². The first-order valence-corrected chi connectivity index (χ1v) is 6.90. The topological polar surface area (TPSA) is 24.5 Å². The molecule has 0 radical (unpaired) electrons. The molecule has 0 aliphatic carbocycles. The van der Waals surface area contributed by atoms with E-state index in [0.29, 0.717) is 12.1 Å². The fourth-order valence-electron chi connectivity index (χ4n) is 2.89. The van der Waals surface area contributed by atoms with Crippen LogP contribution < -0.4 is 5.32 Å². The first kappa shape index (κ1) is 12.3. The molecule has 0 aromatic heterocycles. The molecule has 0 amide bonds. The van der Waals surface area contributed by atoms with Crippen molar-refractivity contribution in [3.8, 4) is 0 Å². The molecule has 94 valence electrons. The van der Waals surface area contributed by atoms with Gasteiger partial charge in [0.15, 0.2) is 0 Å². The average Bonchev–Trinajstić information content (AvgIpc) is 2.35. The van der Waals surface area contributed by atoms with Crippen LogP contribution >= 0.6 is 0 Å². The van der Waals surface area contributed by atoms with Crippen LogP contribution in [0.2, 0.25) is 0 Å². The first-order chi connectivity index (χ1) is 7.81. The Kier molecular flexibility index (Phi) is 4.62. The van der Waals surface area contributed by atoms with E-state index in [1.54, 1.807) is 0 Å². The van der Waals surface area contributed by atoms with Crippen LogP contribution in [0.1, 0.15) is 39.5 Å². The Labute approximate surface area is 99.5 Å². The Balaban J connectivity index is 1.79. The molecule has 0 saturated carbocycles. The third-order valence-electron chi connectivity index (χ3n) is 4.02. The van der Waals surface area contributed by atoms with Crippen molar-refractivity contribution < 1.29 is 4.74 Å². The second kappa shape index (κ2) is 5.99. The van der Waals surface area contributed by atoms with Crippen LogP contribution in [0.5, 0.6) is 0 Å². The van der Waals surface area contributed by atoms with Crippen LogP contribution in [0.15, 0.2) is 0 Å². The third kappa shape index (κ3) is 2.96. The van der Waals surface area contributed by atoms with Crippen molar-refractivity contribution in [2.75, 3.05) is 26.2 Å². The zero-order valence-corrected chi connectivity index (χ0v) is 10.7. The van der Waals surface area contributed by atoms with Crippen LogP contribution in [0, 0.1) is 0 Å². The molecule has 0 spiro atoms. The van der Waals surface area contributed by atoms with Gasteiger partial charge in [-0.25, -0.2) is 0 Å². The highest BCUT2D eigenvalue weighted by atomic mass is 16.5. The lowest BCUT2D eigenvalue weighted by molar-refractivity contribution is -0.0499. The summed E-state index contributed by atoms with van der Waals surface area (Å²) in [5.41, 5.74) is 0. The fourth-order valence-corrected chi connectivity index (χ4v) is 2.89. The van der Waals surface area contributed by atoms with Gasteiger partial charge in [-0.2, -0.15) is 0 Å². The van der Waals surface area contributed by atoms with E-state index in [-0.39, 0.29) is 0 Å². The number of hydrogen-bond acceptors (Lipinski definition) is 3. The molecule has 2 heterocycles. The van der Waals surface area contributed by atoms with Gasteiger partial charge in [0, 0.05) is 31.7 Å². The minimum atomic E-state index is 0.475. The second-order valence-electron chi connectivity index (χ2n) is 5.24. The van der Waals surface area contributed by atoms with Crippen molar-refractivity contribution in [1.82, 2.24) is 10.2 Å². The molecule has 3 unspecified atom stereocenters. The van der Waals surface area contributed by atoms with Gasteiger partial charge in [0.2, 0.25) is 0 Å². The number of nitrogens with one attached hydrogen (secondary N) is 1. The zero-order chi connectivity index (χ0) is 11.4. The minimum absolute atomic E-state index is 0.475. The molecule has 3 nitrogen and oxygen atoms in total. The summed E-state index contributed by atoms with van der Waals surface area (Å²) in [7, 11) is 0. The number of hydrogen-bond donors (Lipinski definition) is 1. The monoisotopic (exact) mass is 226 g/mol. The third-order valence-corrected chi connectivity index (χ3v) is 4.02. The highest BCUT2D eigenvalue weighted by Crippen LogP contribution is 2.20. The Hall–Kier alpha value is -0.120. The molecule has 0 aromatic rings. The van der Waals surface area contributed by atoms with Crippen molar-refractivity contribution in [3.63, 3.8) is 0 Å². The van der Waals surface area contributed by atoms with Gasteiger partial charge in [-0.1, -0.05) is 19.8 Å². The Morgan fingerprint density at radius 1 is 1.50 bits per heavy atom. The van der Waals surface area contributed by atoms with Gasteiger partial charge in [-0.15, -0.1) is 0 Å². The molecule has 2 aliphatic heterocycles. The second-order valence-corrected chi connectivity index (χ2v) is 5.24. The van der Waals surface area contributed by atoms with Gasteiger partial charge in [0.05, 0.1) is 12.7 Å². The number of rotatable bonds is 4. The predicted molar refractivity (Wildman–Crippen MR) is 66.7 cm³/mol. The lowest BCUT2D eigenvalue weighted by atomic mass is 9.98. The molecule has 2 rings (SSSR count). The number of ether oxygens (including phenoxy) is 1. The maximum absolute atomic E-state index is 5.80. The molecular formula is C13H26N2O. The van der Waals surface area contributed by atoms with E-state index in [1.165, 1.54) is 38.8 Å². The van der Waals surface area contributed by atoms with Gasteiger partial charge < -0.3 is 10.1 Å². The van der Waals surface area contributed by atoms with Crippen LogP contribution in [-0.2, 0) is 4.74 Å². The highest BCUT2D eigenvalue weighted by molar-refractivity contribution is 4.90. The molecule has 2 fully saturated rings. The summed E-state index contributed by atoms with van der Waals surface area (Å²) < 4.78 is 5.80. The normalized spacial score (nSPS) is 33.4. The quantitative estimate of drug-likeness (QED) is 0.788. The van der Waals surface area contributed by atoms with Gasteiger partial charge in [0.25, 0.3) is 0 Å². The van der Waals surface area contributed by atoms with E-state index >= 15 is 0 Å². The molecule has 2 aliphatic rings. The number of fused-ring (bicyclic) bond motifs is 1. The largest absolute Gasteiger partial charge is 0.375 e. The molecule has 16 heavy (non-hydrogen) atoms. The van der Waals surface area contributed by atoms with Crippen LogP contribution in [-0.4, -0.2) is 49.3 Å². The Bertz CT molecular complexity index is 210. The summed E-state index contributed by atoms with van der Waals surface area (Å²) >= 11 is 0. The number of piperidine rings is 1. The SMILES string of the molecule is CCCCC(C)N1CCC2OCCNC2C1. The van der Waals surface area contributed by atoms with Crippen molar-refractivity contribution in [3.05, 3.63) is 0 Å². The summed E-state index contributed by atoms with van der Waals surface area (Å²) in [6.07, 6.45) is 5.69. The molecular weight excluding hydrogens is 200 g/mol. The van der Waals surface area contributed by atoms with Crippen LogP contribution in [0.4, 0.5) is 0 Å². The maximum Gasteiger partial charge on any atom is 0.0753 e. The number of morpholine rings is 1. The van der Waals surface area contributed by atoms with E-state index in [4.69, 9.17) is 4.74 Å². The van der Waals surface area contributed by atoms with E-state index < -0.39 is 0 Å². The van der Waals surface area contributed by atoms with Crippen LogP contribution in [0.25, 0.3) is 0 Å². The maximum atomic E-state index is 5.80. The smallest absolute Gasteiger partial charge is 0.0753 e. The highest BCUT2D eigenvalue weighted by Gasteiger charge is 2.33. The van der Waals surface area contributed by atoms with Gasteiger partial charge in [-0.3, -0.25) is 4.90 Å². The van der Waals surface area contributed by atoms with E-state index in [2.05, 4.69) is 24.1 Å². The molecule has 1 N–H and O–H groups in total. The fraction of sp³-hybridized carbons (Fsp3) is 1.00. The Morgan fingerprint density at radius 3 is 3.19 bits per heavy atom. The van der Waals surface area contributed by atoms with Crippen LogP contribution in [0.3, 0.4) is 0 Å². The number of likely N-dealkylation sites (tertiary alicyclic amines) is 1. The standard InChI is InChI=1S/C13H26N2O/c1-3-4-5-11(2)15-8-6-13-12(10-15)14-7-9-16-13/h11-14H,3-10H2,1-2H3. The lowest BCUT2D eigenvalue weighted by Crippen LogP contribution is -2.59. The predicted octanol–water partition coefficient (Wildman–Crippen LogP) is 1.63. The van der Waals surface area contributed by atoms with Crippen molar-refractivity contribution in [2.24, 2.45) is 0 Å². The van der Waals surface area contributed by atoms with Crippen molar-refractivity contribution in [1.29, 1.82) is 0 Å². The Morgan fingerprint density at radius 2 is 2.38 bits per heavy atom. The zero-order valence-electron chi connectivity index (χ0n) is 10.7. The molecule has 0 aromatic carbocycles. The lowest BCUT2D eigenvalue weighted by Gasteiger charge is -2.43. The van der Waals surface area contributed by atoms with Gasteiger partial charge >= 0.3 is 0 Å². The average molecular weight is 226 g/mol. The number of nitrogens with zero attached hydrogens (tertiary/aromatic N) is 1. The summed E-state index contributed by atoms with van der Waals surface area (Å²) in [6.45, 7) is 8.96. The van der Waals surface area contributed by atoms with E-state index in [1.807, 2.05) is 0 Å². The molecule has 2 saturated heterocycles. The molecule has 3 heteroatoms.